The summed E-state index contributed by atoms with van der Waals surface area (Å²) in [6, 6.07) is 7.82. The van der Waals surface area contributed by atoms with E-state index in [1.165, 1.54) is 6.07 Å². The summed E-state index contributed by atoms with van der Waals surface area (Å²) in [6.07, 6.45) is 3.34. The van der Waals surface area contributed by atoms with Gasteiger partial charge >= 0.3 is 6.03 Å². The fraction of sp³-hybridized carbons (Fsp3) is 0.286. The Morgan fingerprint density at radius 1 is 1.22 bits per heavy atom. The third-order valence-corrected chi connectivity index (χ3v) is 3.87. The van der Waals surface area contributed by atoms with E-state index in [0.717, 1.165) is 24.8 Å². The zero-order valence-corrected chi connectivity index (χ0v) is 13.3. The van der Waals surface area contributed by atoms with Crippen LogP contribution in [-0.4, -0.2) is 30.9 Å². The van der Waals surface area contributed by atoms with Gasteiger partial charge in [-0.25, -0.2) is 13.2 Å². The molecule has 1 aromatic heterocycles. The smallest absolute Gasteiger partial charge is 0.308 e. The lowest BCUT2D eigenvalue weighted by molar-refractivity contribution is 0.262. The number of sulfonamides is 1. The maximum atomic E-state index is 12.0. The summed E-state index contributed by atoms with van der Waals surface area (Å²) in [5, 5.41) is 12.2. The first kappa shape index (κ1) is 15.3. The van der Waals surface area contributed by atoms with Crippen molar-refractivity contribution in [3.05, 3.63) is 36.0 Å². The largest absolute Gasteiger partial charge is 0.324 e. The number of nitrogens with one attached hydrogen (secondary N) is 4. The highest BCUT2D eigenvalue weighted by Crippen LogP contribution is 2.39. The molecule has 1 aromatic carbocycles. The van der Waals surface area contributed by atoms with Crippen LogP contribution in [0.5, 0.6) is 0 Å². The fourth-order valence-electron chi connectivity index (χ4n) is 2.15. The number of carbonyl (C=O) groups excluding carboxylic acids is 1. The molecule has 0 spiro atoms. The minimum atomic E-state index is -3.36. The average molecular weight is 335 g/mol. The SMILES string of the molecule is CS(=O)(=O)Nc1cccc(NC(=O)Nc2cc(C3CC3)n[nH]2)c1. The van der Waals surface area contributed by atoms with Crippen LogP contribution in [0.2, 0.25) is 0 Å². The second-order valence-corrected chi connectivity index (χ2v) is 7.26. The zero-order chi connectivity index (χ0) is 16.4. The molecule has 2 amide bonds. The van der Waals surface area contributed by atoms with Gasteiger partial charge in [-0.2, -0.15) is 5.10 Å². The predicted molar refractivity (Wildman–Crippen MR) is 88.1 cm³/mol. The van der Waals surface area contributed by atoms with Crippen LogP contribution in [0.15, 0.2) is 30.3 Å². The van der Waals surface area contributed by atoms with Gasteiger partial charge in [0.15, 0.2) is 0 Å². The van der Waals surface area contributed by atoms with E-state index in [0.29, 0.717) is 23.1 Å². The molecule has 23 heavy (non-hydrogen) atoms. The van der Waals surface area contributed by atoms with Gasteiger partial charge in [0.2, 0.25) is 10.0 Å². The van der Waals surface area contributed by atoms with Gasteiger partial charge in [0, 0.05) is 17.7 Å². The van der Waals surface area contributed by atoms with Crippen LogP contribution in [0, 0.1) is 0 Å². The molecule has 9 heteroatoms. The predicted octanol–water partition coefficient (Wildman–Crippen LogP) is 2.30. The number of hydrogen-bond donors (Lipinski definition) is 4. The van der Waals surface area contributed by atoms with Crippen molar-refractivity contribution in [2.45, 2.75) is 18.8 Å². The molecular weight excluding hydrogens is 318 g/mol. The number of aromatic amines is 1. The molecule has 2 aromatic rings. The van der Waals surface area contributed by atoms with Crippen LogP contribution in [0.25, 0.3) is 0 Å². The molecule has 4 N–H and O–H groups in total. The van der Waals surface area contributed by atoms with E-state index in [9.17, 15) is 13.2 Å². The number of aromatic nitrogens is 2. The van der Waals surface area contributed by atoms with Crippen molar-refractivity contribution < 1.29 is 13.2 Å². The Bertz CT molecular complexity index is 826. The van der Waals surface area contributed by atoms with Crippen molar-refractivity contribution >= 4 is 33.2 Å². The Kier molecular flexibility index (Phi) is 3.95. The number of benzene rings is 1. The highest BCUT2D eigenvalue weighted by atomic mass is 32.2. The summed E-state index contributed by atoms with van der Waals surface area (Å²) in [4.78, 5) is 12.0. The number of nitrogens with zero attached hydrogens (tertiary/aromatic N) is 1. The van der Waals surface area contributed by atoms with Crippen LogP contribution in [0.1, 0.15) is 24.5 Å². The number of amides is 2. The van der Waals surface area contributed by atoms with Gasteiger partial charge in [-0.15, -0.1) is 0 Å². The van der Waals surface area contributed by atoms with Crippen LogP contribution in [-0.2, 0) is 10.0 Å². The van der Waals surface area contributed by atoms with Gasteiger partial charge in [-0.3, -0.25) is 15.1 Å². The number of H-pyrrole nitrogens is 1. The van der Waals surface area contributed by atoms with Gasteiger partial charge in [0.25, 0.3) is 0 Å². The second kappa shape index (κ2) is 5.92. The lowest BCUT2D eigenvalue weighted by Gasteiger charge is -2.08. The first-order valence-corrected chi connectivity index (χ1v) is 8.99. The number of hydrogen-bond acceptors (Lipinski definition) is 4. The topological polar surface area (TPSA) is 116 Å². The molecule has 0 atom stereocenters. The summed E-state index contributed by atoms with van der Waals surface area (Å²) >= 11 is 0. The van der Waals surface area contributed by atoms with Crippen molar-refractivity contribution in [2.24, 2.45) is 0 Å². The standard InChI is InChI=1S/C14H17N5O3S/c1-23(21,22)19-11-4-2-3-10(7-11)15-14(20)16-13-8-12(17-18-13)9-5-6-9/h2-4,7-9,19H,5-6H2,1H3,(H3,15,16,17,18,20). The summed E-state index contributed by atoms with van der Waals surface area (Å²) < 4.78 is 24.8. The lowest BCUT2D eigenvalue weighted by Crippen LogP contribution is -2.19. The van der Waals surface area contributed by atoms with E-state index in [4.69, 9.17) is 0 Å². The van der Waals surface area contributed by atoms with Crippen LogP contribution >= 0.6 is 0 Å². The maximum Gasteiger partial charge on any atom is 0.324 e. The third kappa shape index (κ3) is 4.46. The van der Waals surface area contributed by atoms with E-state index in [2.05, 4.69) is 25.6 Å². The summed E-state index contributed by atoms with van der Waals surface area (Å²) in [6.45, 7) is 0. The summed E-state index contributed by atoms with van der Waals surface area (Å²) in [5.41, 5.74) is 1.81. The molecule has 8 nitrogen and oxygen atoms in total. The number of urea groups is 1. The van der Waals surface area contributed by atoms with E-state index >= 15 is 0 Å². The molecule has 0 radical (unpaired) electrons. The van der Waals surface area contributed by atoms with E-state index in [-0.39, 0.29) is 0 Å². The van der Waals surface area contributed by atoms with Crippen molar-refractivity contribution in [1.82, 2.24) is 10.2 Å². The minimum Gasteiger partial charge on any atom is -0.308 e. The highest BCUT2D eigenvalue weighted by Gasteiger charge is 2.26. The normalized spacial score (nSPS) is 14.3. The van der Waals surface area contributed by atoms with Crippen molar-refractivity contribution in [3.63, 3.8) is 0 Å². The van der Waals surface area contributed by atoms with Crippen molar-refractivity contribution in [1.29, 1.82) is 0 Å². The van der Waals surface area contributed by atoms with Gasteiger partial charge in [-0.05, 0) is 31.0 Å². The van der Waals surface area contributed by atoms with Gasteiger partial charge in [0.05, 0.1) is 17.6 Å². The number of anilines is 3. The number of rotatable bonds is 5. The molecule has 1 fully saturated rings. The Balaban J connectivity index is 1.61. The summed E-state index contributed by atoms with van der Waals surface area (Å²) in [5.74, 6) is 1.03. The minimum absolute atomic E-state index is 0.378. The molecule has 1 aliphatic carbocycles. The van der Waals surface area contributed by atoms with Gasteiger partial charge < -0.3 is 5.32 Å². The monoisotopic (exact) mass is 335 g/mol. The first-order valence-electron chi connectivity index (χ1n) is 7.10. The van der Waals surface area contributed by atoms with Crippen molar-refractivity contribution in [2.75, 3.05) is 21.6 Å². The molecule has 1 aliphatic rings. The Morgan fingerprint density at radius 2 is 1.96 bits per heavy atom. The fourth-order valence-corrected chi connectivity index (χ4v) is 2.70. The maximum absolute atomic E-state index is 12.0. The summed E-state index contributed by atoms with van der Waals surface area (Å²) in [7, 11) is -3.36. The molecule has 3 rings (SSSR count). The van der Waals surface area contributed by atoms with Gasteiger partial charge in [-0.1, -0.05) is 6.07 Å². The van der Waals surface area contributed by atoms with Crippen LogP contribution in [0.3, 0.4) is 0 Å². The quantitative estimate of drug-likeness (QED) is 0.671. The molecule has 1 heterocycles. The van der Waals surface area contributed by atoms with Gasteiger partial charge in [0.1, 0.15) is 5.82 Å². The van der Waals surface area contributed by atoms with E-state index in [1.54, 1.807) is 18.2 Å². The van der Waals surface area contributed by atoms with E-state index < -0.39 is 16.1 Å². The molecule has 0 unspecified atom stereocenters. The Labute approximate surface area is 133 Å². The molecule has 0 aliphatic heterocycles. The molecular formula is C14H17N5O3S. The van der Waals surface area contributed by atoms with Crippen LogP contribution in [0.4, 0.5) is 22.0 Å². The molecule has 122 valence electrons. The molecule has 0 saturated heterocycles. The Morgan fingerprint density at radius 3 is 2.65 bits per heavy atom. The average Bonchev–Trinajstić information content (AvgIpc) is 3.18. The molecule has 0 bridgehead atoms. The Hall–Kier alpha value is -2.55. The van der Waals surface area contributed by atoms with Crippen molar-refractivity contribution in [3.8, 4) is 0 Å². The lowest BCUT2D eigenvalue weighted by atomic mass is 10.3. The third-order valence-electron chi connectivity index (χ3n) is 3.27. The number of carbonyl (C=O) groups is 1. The first-order chi connectivity index (χ1) is 10.9. The van der Waals surface area contributed by atoms with E-state index in [1.807, 2.05) is 6.07 Å². The molecule has 1 saturated carbocycles. The second-order valence-electron chi connectivity index (χ2n) is 5.51. The zero-order valence-electron chi connectivity index (χ0n) is 12.5. The highest BCUT2D eigenvalue weighted by molar-refractivity contribution is 7.92. The van der Waals surface area contributed by atoms with Crippen LogP contribution < -0.4 is 15.4 Å².